The van der Waals surface area contributed by atoms with Gasteiger partial charge in [-0.2, -0.15) is 0 Å². The second-order valence-corrected chi connectivity index (χ2v) is 5.11. The van der Waals surface area contributed by atoms with E-state index in [1.54, 1.807) is 6.92 Å². The lowest BCUT2D eigenvalue weighted by molar-refractivity contribution is 0.199. The smallest absolute Gasteiger partial charge is 0.127 e. The van der Waals surface area contributed by atoms with Gasteiger partial charge in [-0.3, -0.25) is 0 Å². The second-order valence-electron chi connectivity index (χ2n) is 4.26. The Bertz CT molecular complexity index is 533. The third kappa shape index (κ3) is 3.12. The van der Waals surface area contributed by atoms with Crippen molar-refractivity contribution >= 4 is 15.9 Å². The summed E-state index contributed by atoms with van der Waals surface area (Å²) >= 11 is 3.46. The van der Waals surface area contributed by atoms with Gasteiger partial charge in [-0.25, -0.2) is 0 Å². The lowest BCUT2D eigenvalue weighted by Gasteiger charge is -2.09. The van der Waals surface area contributed by atoms with Gasteiger partial charge >= 0.3 is 0 Å². The van der Waals surface area contributed by atoms with Gasteiger partial charge < -0.3 is 9.84 Å². The first kappa shape index (κ1) is 13.1. The van der Waals surface area contributed by atoms with Crippen molar-refractivity contribution < 1.29 is 9.84 Å². The highest BCUT2D eigenvalue weighted by atomic mass is 79.9. The van der Waals surface area contributed by atoms with Crippen molar-refractivity contribution in [2.45, 2.75) is 20.0 Å². The minimum absolute atomic E-state index is 0.450. The van der Waals surface area contributed by atoms with Crippen LogP contribution in [0.4, 0.5) is 0 Å². The van der Waals surface area contributed by atoms with Crippen LogP contribution in [0.1, 0.15) is 24.2 Å². The van der Waals surface area contributed by atoms with E-state index in [0.29, 0.717) is 0 Å². The summed E-state index contributed by atoms with van der Waals surface area (Å²) in [5, 5.41) is 9.43. The second kappa shape index (κ2) is 5.55. The third-order valence-corrected chi connectivity index (χ3v) is 3.62. The number of hydrogen-bond acceptors (Lipinski definition) is 2. The van der Waals surface area contributed by atoms with E-state index >= 15 is 0 Å². The van der Waals surface area contributed by atoms with Crippen LogP contribution in [-0.4, -0.2) is 5.11 Å². The Kier molecular flexibility index (Phi) is 4.04. The monoisotopic (exact) mass is 306 g/mol. The molecule has 0 unspecified atom stereocenters. The quantitative estimate of drug-likeness (QED) is 0.897. The number of aliphatic hydroxyl groups excluding tert-OH is 1. The fourth-order valence-corrected chi connectivity index (χ4v) is 1.88. The molecule has 0 amide bonds. The SMILES string of the molecule is Cc1cc(Oc2ccc([C@@H](C)O)cc2)ccc1Br. The summed E-state index contributed by atoms with van der Waals surface area (Å²) in [4.78, 5) is 0. The molecule has 0 spiro atoms. The lowest BCUT2D eigenvalue weighted by Crippen LogP contribution is -1.91. The molecule has 3 heteroatoms. The molecule has 2 rings (SSSR count). The normalized spacial score (nSPS) is 12.2. The Morgan fingerprint density at radius 2 is 1.67 bits per heavy atom. The Labute approximate surface area is 115 Å². The highest BCUT2D eigenvalue weighted by Gasteiger charge is 2.03. The number of aliphatic hydroxyl groups is 1. The molecule has 0 saturated heterocycles. The van der Waals surface area contributed by atoms with Crippen molar-refractivity contribution in [2.24, 2.45) is 0 Å². The highest BCUT2D eigenvalue weighted by Crippen LogP contribution is 2.27. The predicted molar refractivity (Wildman–Crippen MR) is 76.0 cm³/mol. The van der Waals surface area contributed by atoms with Gasteiger partial charge in [0.05, 0.1) is 6.10 Å². The Morgan fingerprint density at radius 1 is 1.06 bits per heavy atom. The van der Waals surface area contributed by atoms with Crippen LogP contribution < -0.4 is 4.74 Å². The molecule has 2 aromatic carbocycles. The van der Waals surface area contributed by atoms with Crippen LogP contribution in [0.25, 0.3) is 0 Å². The van der Waals surface area contributed by atoms with E-state index in [1.807, 2.05) is 49.4 Å². The number of hydrogen-bond donors (Lipinski definition) is 1. The maximum atomic E-state index is 9.43. The van der Waals surface area contributed by atoms with Gasteiger partial charge in [-0.15, -0.1) is 0 Å². The Balaban J connectivity index is 2.15. The summed E-state index contributed by atoms with van der Waals surface area (Å²) in [5.41, 5.74) is 2.02. The van der Waals surface area contributed by atoms with Crippen molar-refractivity contribution in [1.29, 1.82) is 0 Å². The largest absolute Gasteiger partial charge is 0.457 e. The van der Waals surface area contributed by atoms with Gasteiger partial charge in [0.15, 0.2) is 0 Å². The molecule has 0 aliphatic heterocycles. The third-order valence-electron chi connectivity index (χ3n) is 2.73. The Morgan fingerprint density at radius 3 is 2.22 bits per heavy atom. The van der Waals surface area contributed by atoms with Gasteiger partial charge in [0.2, 0.25) is 0 Å². The number of aryl methyl sites for hydroxylation is 1. The van der Waals surface area contributed by atoms with Gasteiger partial charge in [0.1, 0.15) is 11.5 Å². The molecular weight excluding hydrogens is 292 g/mol. The van der Waals surface area contributed by atoms with Crippen molar-refractivity contribution in [1.82, 2.24) is 0 Å². The molecule has 0 radical (unpaired) electrons. The zero-order valence-electron chi connectivity index (χ0n) is 10.4. The standard InChI is InChI=1S/C15H15BrO2/c1-10-9-14(7-8-15(10)16)18-13-5-3-12(4-6-13)11(2)17/h3-9,11,17H,1-2H3/t11-/m1/s1. The molecule has 1 N–H and O–H groups in total. The molecule has 18 heavy (non-hydrogen) atoms. The average Bonchev–Trinajstić information content (AvgIpc) is 2.34. The molecule has 0 aliphatic carbocycles. The van der Waals surface area contributed by atoms with E-state index in [2.05, 4.69) is 15.9 Å². The molecule has 2 aromatic rings. The molecule has 2 nitrogen and oxygen atoms in total. The van der Waals surface area contributed by atoms with E-state index < -0.39 is 6.10 Å². The van der Waals surface area contributed by atoms with Crippen molar-refractivity contribution in [2.75, 3.05) is 0 Å². The van der Waals surface area contributed by atoms with Crippen LogP contribution >= 0.6 is 15.9 Å². The lowest BCUT2D eigenvalue weighted by atomic mass is 10.1. The minimum Gasteiger partial charge on any atom is -0.457 e. The zero-order valence-corrected chi connectivity index (χ0v) is 11.9. The van der Waals surface area contributed by atoms with Crippen LogP contribution in [0, 0.1) is 6.92 Å². The van der Waals surface area contributed by atoms with Crippen LogP contribution in [0.5, 0.6) is 11.5 Å². The molecular formula is C15H15BrO2. The first-order chi connectivity index (χ1) is 8.56. The number of benzene rings is 2. The Hall–Kier alpha value is -1.32. The van der Waals surface area contributed by atoms with Gasteiger partial charge in [0.25, 0.3) is 0 Å². The van der Waals surface area contributed by atoms with Crippen molar-refractivity contribution in [3.63, 3.8) is 0 Å². The molecule has 94 valence electrons. The number of rotatable bonds is 3. The predicted octanol–water partition coefficient (Wildman–Crippen LogP) is 4.60. The van der Waals surface area contributed by atoms with E-state index in [4.69, 9.17) is 4.74 Å². The summed E-state index contributed by atoms with van der Waals surface area (Å²) in [5.74, 6) is 1.57. The zero-order chi connectivity index (χ0) is 13.1. The maximum absolute atomic E-state index is 9.43. The van der Waals surface area contributed by atoms with Crippen LogP contribution in [-0.2, 0) is 0 Å². The summed E-state index contributed by atoms with van der Waals surface area (Å²) < 4.78 is 6.82. The minimum atomic E-state index is -0.450. The van der Waals surface area contributed by atoms with Crippen LogP contribution in [0.3, 0.4) is 0 Å². The summed E-state index contributed by atoms with van der Waals surface area (Å²) in [7, 11) is 0. The van der Waals surface area contributed by atoms with E-state index in [0.717, 1.165) is 27.1 Å². The first-order valence-electron chi connectivity index (χ1n) is 5.78. The van der Waals surface area contributed by atoms with Crippen LogP contribution in [0.2, 0.25) is 0 Å². The topological polar surface area (TPSA) is 29.5 Å². The summed E-state index contributed by atoms with van der Waals surface area (Å²) in [6.45, 7) is 3.77. The van der Waals surface area contributed by atoms with E-state index in [-0.39, 0.29) is 0 Å². The fourth-order valence-electron chi connectivity index (χ4n) is 1.63. The van der Waals surface area contributed by atoms with Gasteiger partial charge in [-0.05, 0) is 55.3 Å². The van der Waals surface area contributed by atoms with Gasteiger partial charge in [-0.1, -0.05) is 28.1 Å². The van der Waals surface area contributed by atoms with Crippen LogP contribution in [0.15, 0.2) is 46.9 Å². The maximum Gasteiger partial charge on any atom is 0.127 e. The summed E-state index contributed by atoms with van der Waals surface area (Å²) in [6, 6.07) is 13.3. The fraction of sp³-hybridized carbons (Fsp3) is 0.200. The first-order valence-corrected chi connectivity index (χ1v) is 6.57. The molecule has 0 aromatic heterocycles. The van der Waals surface area contributed by atoms with E-state index in [1.165, 1.54) is 0 Å². The average molecular weight is 307 g/mol. The molecule has 0 saturated carbocycles. The highest BCUT2D eigenvalue weighted by molar-refractivity contribution is 9.10. The molecule has 1 atom stereocenters. The summed E-state index contributed by atoms with van der Waals surface area (Å²) in [6.07, 6.45) is -0.450. The molecule has 0 heterocycles. The van der Waals surface area contributed by atoms with E-state index in [9.17, 15) is 5.11 Å². The number of ether oxygens (including phenoxy) is 1. The molecule has 0 aliphatic rings. The van der Waals surface area contributed by atoms with Gasteiger partial charge in [0, 0.05) is 4.47 Å². The van der Waals surface area contributed by atoms with Crippen molar-refractivity contribution in [3.8, 4) is 11.5 Å². The van der Waals surface area contributed by atoms with Crippen molar-refractivity contribution in [3.05, 3.63) is 58.1 Å². The number of halogens is 1. The molecule has 0 fully saturated rings. The molecule has 0 bridgehead atoms.